The highest BCUT2D eigenvalue weighted by Crippen LogP contribution is 2.26. The number of nitrogens with zero attached hydrogens (tertiary/aromatic N) is 3. The quantitative estimate of drug-likeness (QED) is 0.809. The number of thiazole rings is 1. The van der Waals surface area contributed by atoms with Crippen LogP contribution in [0, 0.1) is 6.92 Å². The fraction of sp³-hybridized carbons (Fsp3) is 0.333. The molecule has 2 heterocycles. The average molecular weight is 208 g/mol. The molecule has 4 nitrogen and oxygen atoms in total. The van der Waals surface area contributed by atoms with Crippen LogP contribution in [-0.4, -0.2) is 14.8 Å². The molecule has 0 fully saturated rings. The van der Waals surface area contributed by atoms with Gasteiger partial charge in [-0.2, -0.15) is 5.10 Å². The van der Waals surface area contributed by atoms with Gasteiger partial charge < -0.3 is 5.73 Å². The first-order valence-corrected chi connectivity index (χ1v) is 5.17. The molecule has 0 bridgehead atoms. The summed E-state index contributed by atoms with van der Waals surface area (Å²) < 4.78 is 1.80. The van der Waals surface area contributed by atoms with E-state index in [1.807, 2.05) is 26.4 Å². The van der Waals surface area contributed by atoms with Crippen molar-refractivity contribution in [1.29, 1.82) is 0 Å². The maximum atomic E-state index is 5.53. The standard InChI is InChI=1S/C9H12N4S/c1-6-8(5-13(2)12-6)9-11-4-7(3-10)14-9/h4-5H,3,10H2,1-2H3. The van der Waals surface area contributed by atoms with Gasteiger partial charge in [0.2, 0.25) is 0 Å². The van der Waals surface area contributed by atoms with Gasteiger partial charge >= 0.3 is 0 Å². The van der Waals surface area contributed by atoms with Gasteiger partial charge in [-0.15, -0.1) is 11.3 Å². The largest absolute Gasteiger partial charge is 0.326 e. The first-order chi connectivity index (χ1) is 6.70. The Balaban J connectivity index is 2.43. The minimum atomic E-state index is 0.553. The number of hydrogen-bond acceptors (Lipinski definition) is 4. The van der Waals surface area contributed by atoms with Crippen LogP contribution in [0.3, 0.4) is 0 Å². The van der Waals surface area contributed by atoms with Crippen molar-refractivity contribution in [2.24, 2.45) is 12.8 Å². The molecule has 0 saturated heterocycles. The molecule has 2 aromatic heterocycles. The smallest absolute Gasteiger partial charge is 0.127 e. The van der Waals surface area contributed by atoms with E-state index in [1.165, 1.54) is 0 Å². The van der Waals surface area contributed by atoms with Crippen molar-refractivity contribution in [3.63, 3.8) is 0 Å². The van der Waals surface area contributed by atoms with Gasteiger partial charge in [0, 0.05) is 30.9 Å². The highest BCUT2D eigenvalue weighted by atomic mass is 32.1. The number of hydrogen-bond donors (Lipinski definition) is 1. The Morgan fingerprint density at radius 2 is 2.36 bits per heavy atom. The number of aryl methyl sites for hydroxylation is 2. The van der Waals surface area contributed by atoms with Crippen LogP contribution in [0.25, 0.3) is 10.6 Å². The first-order valence-electron chi connectivity index (χ1n) is 4.36. The van der Waals surface area contributed by atoms with Crippen molar-refractivity contribution in [2.45, 2.75) is 13.5 Å². The van der Waals surface area contributed by atoms with Gasteiger partial charge in [0.05, 0.1) is 11.3 Å². The lowest BCUT2D eigenvalue weighted by molar-refractivity contribution is 0.756. The Labute approximate surface area is 86.4 Å². The zero-order valence-electron chi connectivity index (χ0n) is 8.19. The highest BCUT2D eigenvalue weighted by molar-refractivity contribution is 7.15. The lowest BCUT2D eigenvalue weighted by Gasteiger charge is -1.89. The van der Waals surface area contributed by atoms with Crippen molar-refractivity contribution in [3.05, 3.63) is 23.0 Å². The number of rotatable bonds is 2. The van der Waals surface area contributed by atoms with E-state index in [-0.39, 0.29) is 0 Å². The van der Waals surface area contributed by atoms with Crippen LogP contribution >= 0.6 is 11.3 Å². The zero-order valence-corrected chi connectivity index (χ0v) is 9.01. The topological polar surface area (TPSA) is 56.7 Å². The predicted molar refractivity (Wildman–Crippen MR) is 56.9 cm³/mol. The molecule has 0 unspecified atom stereocenters. The molecule has 0 spiro atoms. The van der Waals surface area contributed by atoms with Crippen LogP contribution in [0.1, 0.15) is 10.6 Å². The summed E-state index contributed by atoms with van der Waals surface area (Å²) in [7, 11) is 1.91. The molecule has 74 valence electrons. The normalized spacial score (nSPS) is 10.8. The van der Waals surface area contributed by atoms with Gasteiger partial charge in [-0.25, -0.2) is 4.98 Å². The third-order valence-corrected chi connectivity index (χ3v) is 3.05. The maximum absolute atomic E-state index is 5.53. The van der Waals surface area contributed by atoms with Crippen molar-refractivity contribution in [3.8, 4) is 10.6 Å². The lowest BCUT2D eigenvalue weighted by atomic mass is 10.3. The molecule has 5 heteroatoms. The molecular formula is C9H12N4S. The second kappa shape index (κ2) is 3.51. The Hall–Kier alpha value is -1.20. The fourth-order valence-electron chi connectivity index (χ4n) is 1.34. The molecule has 0 aliphatic heterocycles. The summed E-state index contributed by atoms with van der Waals surface area (Å²) >= 11 is 1.62. The Morgan fingerprint density at radius 1 is 1.57 bits per heavy atom. The fourth-order valence-corrected chi connectivity index (χ4v) is 2.19. The van der Waals surface area contributed by atoms with Gasteiger partial charge in [-0.1, -0.05) is 0 Å². The van der Waals surface area contributed by atoms with E-state index in [0.29, 0.717) is 6.54 Å². The van der Waals surface area contributed by atoms with Crippen molar-refractivity contribution in [1.82, 2.24) is 14.8 Å². The minimum absolute atomic E-state index is 0.553. The monoisotopic (exact) mass is 208 g/mol. The van der Waals surface area contributed by atoms with Crippen molar-refractivity contribution < 1.29 is 0 Å². The summed E-state index contributed by atoms with van der Waals surface area (Å²) in [5.41, 5.74) is 7.63. The van der Waals surface area contributed by atoms with Gasteiger partial charge in [0.1, 0.15) is 5.01 Å². The Kier molecular flexibility index (Phi) is 2.35. The van der Waals surface area contributed by atoms with Crippen LogP contribution in [0.5, 0.6) is 0 Å². The summed E-state index contributed by atoms with van der Waals surface area (Å²) in [5, 5.41) is 5.27. The second-order valence-corrected chi connectivity index (χ2v) is 4.25. The average Bonchev–Trinajstić information content (AvgIpc) is 2.71. The SMILES string of the molecule is Cc1nn(C)cc1-c1ncc(CN)s1. The van der Waals surface area contributed by atoms with E-state index in [4.69, 9.17) is 5.73 Å². The zero-order chi connectivity index (χ0) is 10.1. The molecule has 0 aliphatic carbocycles. The highest BCUT2D eigenvalue weighted by Gasteiger charge is 2.09. The summed E-state index contributed by atoms with van der Waals surface area (Å²) in [6, 6.07) is 0. The Morgan fingerprint density at radius 3 is 2.86 bits per heavy atom. The number of aromatic nitrogens is 3. The van der Waals surface area contributed by atoms with Crippen LogP contribution in [0.15, 0.2) is 12.4 Å². The molecule has 14 heavy (non-hydrogen) atoms. The third-order valence-electron chi connectivity index (χ3n) is 2.00. The molecule has 0 aromatic carbocycles. The van der Waals surface area contributed by atoms with E-state index in [1.54, 1.807) is 16.0 Å². The minimum Gasteiger partial charge on any atom is -0.326 e. The predicted octanol–water partition coefficient (Wildman–Crippen LogP) is 1.31. The van der Waals surface area contributed by atoms with E-state index in [2.05, 4.69) is 10.1 Å². The molecule has 2 rings (SSSR count). The molecule has 0 radical (unpaired) electrons. The first kappa shape index (κ1) is 9.36. The van der Waals surface area contributed by atoms with Gasteiger partial charge in [0.25, 0.3) is 0 Å². The third kappa shape index (κ3) is 1.56. The summed E-state index contributed by atoms with van der Waals surface area (Å²) in [4.78, 5) is 5.42. The molecule has 2 aromatic rings. The molecule has 0 saturated carbocycles. The second-order valence-electron chi connectivity index (χ2n) is 3.14. The van der Waals surface area contributed by atoms with Crippen LogP contribution in [0.2, 0.25) is 0 Å². The van der Waals surface area contributed by atoms with Crippen LogP contribution in [-0.2, 0) is 13.6 Å². The van der Waals surface area contributed by atoms with Crippen molar-refractivity contribution >= 4 is 11.3 Å². The molecular weight excluding hydrogens is 196 g/mol. The summed E-state index contributed by atoms with van der Waals surface area (Å²) in [6.07, 6.45) is 3.81. The summed E-state index contributed by atoms with van der Waals surface area (Å²) in [5.74, 6) is 0. The van der Waals surface area contributed by atoms with E-state index >= 15 is 0 Å². The van der Waals surface area contributed by atoms with Crippen LogP contribution < -0.4 is 5.73 Å². The summed E-state index contributed by atoms with van der Waals surface area (Å²) in [6.45, 7) is 2.54. The molecule has 0 atom stereocenters. The van der Waals surface area contributed by atoms with Gasteiger partial charge in [0.15, 0.2) is 0 Å². The molecule has 0 aliphatic rings. The molecule has 0 amide bonds. The van der Waals surface area contributed by atoms with E-state index < -0.39 is 0 Å². The van der Waals surface area contributed by atoms with Crippen LogP contribution in [0.4, 0.5) is 0 Å². The molecule has 2 N–H and O–H groups in total. The Bertz CT molecular complexity index is 443. The van der Waals surface area contributed by atoms with Gasteiger partial charge in [-0.3, -0.25) is 4.68 Å². The number of nitrogens with two attached hydrogens (primary N) is 1. The maximum Gasteiger partial charge on any atom is 0.127 e. The van der Waals surface area contributed by atoms with Gasteiger partial charge in [-0.05, 0) is 6.92 Å². The van der Waals surface area contributed by atoms with Crippen molar-refractivity contribution in [2.75, 3.05) is 0 Å². The van der Waals surface area contributed by atoms with E-state index in [0.717, 1.165) is 21.1 Å². The lowest BCUT2D eigenvalue weighted by Crippen LogP contribution is -1.91. The van der Waals surface area contributed by atoms with E-state index in [9.17, 15) is 0 Å².